The van der Waals surface area contributed by atoms with Crippen LogP contribution in [0.3, 0.4) is 0 Å². The van der Waals surface area contributed by atoms with Crippen LogP contribution in [-0.2, 0) is 0 Å². The van der Waals surface area contributed by atoms with E-state index in [4.69, 9.17) is 25.6 Å². The Morgan fingerprint density at radius 2 is 1.79 bits per heavy atom. The fraction of sp³-hybridized carbons (Fsp3) is 0.111. The lowest BCUT2D eigenvalue weighted by atomic mass is 10.2. The minimum atomic E-state index is 0.389. The molecule has 0 spiro atoms. The minimum absolute atomic E-state index is 0.389. The molecule has 0 bridgehead atoms. The maximum Gasteiger partial charge on any atom is 0.250 e. The lowest BCUT2D eigenvalue weighted by Crippen LogP contribution is -1.91. The van der Waals surface area contributed by atoms with Crippen LogP contribution in [0.5, 0.6) is 11.5 Å². The van der Waals surface area contributed by atoms with Gasteiger partial charge in [-0.1, -0.05) is 35.0 Å². The van der Waals surface area contributed by atoms with Crippen LogP contribution < -0.4 is 9.47 Å². The number of aromatic nitrogens is 2. The van der Waals surface area contributed by atoms with E-state index in [2.05, 4.69) is 10.1 Å². The lowest BCUT2D eigenvalue weighted by Gasteiger charge is -2.07. The molecule has 0 saturated carbocycles. The van der Waals surface area contributed by atoms with E-state index in [-0.39, 0.29) is 0 Å². The second kappa shape index (κ2) is 7.19. The molecule has 0 unspecified atom stereocenters. The Morgan fingerprint density at radius 1 is 1.00 bits per heavy atom. The fourth-order valence-corrected chi connectivity index (χ4v) is 2.37. The number of benzene rings is 2. The third-order valence-corrected chi connectivity index (χ3v) is 3.74. The van der Waals surface area contributed by atoms with Crippen molar-refractivity contribution >= 4 is 23.8 Å². The second-order valence-corrected chi connectivity index (χ2v) is 5.29. The van der Waals surface area contributed by atoms with E-state index in [1.807, 2.05) is 36.4 Å². The number of rotatable bonds is 5. The molecule has 0 radical (unpaired) electrons. The van der Waals surface area contributed by atoms with Crippen LogP contribution in [0.1, 0.15) is 11.5 Å². The summed E-state index contributed by atoms with van der Waals surface area (Å²) in [5.74, 6) is 2.10. The normalized spacial score (nSPS) is 11.0. The first kappa shape index (κ1) is 16.1. The molecule has 6 heteroatoms. The molecule has 0 fully saturated rings. The van der Waals surface area contributed by atoms with Crippen molar-refractivity contribution in [3.8, 4) is 22.9 Å². The van der Waals surface area contributed by atoms with Gasteiger partial charge in [-0.2, -0.15) is 4.98 Å². The highest BCUT2D eigenvalue weighted by atomic mass is 35.5. The van der Waals surface area contributed by atoms with Crippen molar-refractivity contribution in [2.75, 3.05) is 14.2 Å². The third-order valence-electron chi connectivity index (χ3n) is 3.39. The monoisotopic (exact) mass is 342 g/mol. The van der Waals surface area contributed by atoms with Gasteiger partial charge in [-0.15, -0.1) is 0 Å². The van der Waals surface area contributed by atoms with Gasteiger partial charge in [0.05, 0.1) is 14.2 Å². The van der Waals surface area contributed by atoms with E-state index in [0.29, 0.717) is 28.2 Å². The summed E-state index contributed by atoms with van der Waals surface area (Å²) < 4.78 is 15.7. The molecule has 0 aliphatic carbocycles. The van der Waals surface area contributed by atoms with Crippen LogP contribution in [0.15, 0.2) is 47.0 Å². The molecule has 0 saturated heterocycles. The summed E-state index contributed by atoms with van der Waals surface area (Å²) in [5, 5.41) is 4.65. The van der Waals surface area contributed by atoms with Crippen molar-refractivity contribution in [1.29, 1.82) is 0 Å². The topological polar surface area (TPSA) is 57.4 Å². The van der Waals surface area contributed by atoms with E-state index < -0.39 is 0 Å². The number of ether oxygens (including phenoxy) is 2. The average Bonchev–Trinajstić information content (AvgIpc) is 3.09. The molecule has 3 aromatic rings. The van der Waals surface area contributed by atoms with Gasteiger partial charge in [0.15, 0.2) is 11.5 Å². The smallest absolute Gasteiger partial charge is 0.250 e. The largest absolute Gasteiger partial charge is 0.493 e. The molecule has 5 nitrogen and oxygen atoms in total. The van der Waals surface area contributed by atoms with Gasteiger partial charge in [0, 0.05) is 16.7 Å². The zero-order chi connectivity index (χ0) is 16.9. The Balaban J connectivity index is 1.84. The van der Waals surface area contributed by atoms with Gasteiger partial charge in [0.1, 0.15) is 0 Å². The molecule has 1 aromatic heterocycles. The predicted molar refractivity (Wildman–Crippen MR) is 93.2 cm³/mol. The number of nitrogens with zero attached hydrogens (tertiary/aromatic N) is 2. The first-order valence-electron chi connectivity index (χ1n) is 7.20. The maximum absolute atomic E-state index is 6.11. The van der Waals surface area contributed by atoms with E-state index >= 15 is 0 Å². The molecule has 1 heterocycles. The fourth-order valence-electron chi connectivity index (χ4n) is 2.17. The minimum Gasteiger partial charge on any atom is -0.493 e. The summed E-state index contributed by atoms with van der Waals surface area (Å²) in [7, 11) is 3.17. The second-order valence-electron chi connectivity index (χ2n) is 4.88. The molecule has 0 aliphatic heterocycles. The van der Waals surface area contributed by atoms with Crippen LogP contribution in [0.4, 0.5) is 0 Å². The van der Waals surface area contributed by atoms with Crippen molar-refractivity contribution in [3.63, 3.8) is 0 Å². The van der Waals surface area contributed by atoms with Crippen LogP contribution in [0.2, 0.25) is 5.02 Å². The van der Waals surface area contributed by atoms with Gasteiger partial charge in [-0.3, -0.25) is 0 Å². The number of halogens is 1. The Hall–Kier alpha value is -2.79. The quantitative estimate of drug-likeness (QED) is 0.679. The summed E-state index contributed by atoms with van der Waals surface area (Å²) in [4.78, 5) is 4.35. The van der Waals surface area contributed by atoms with Gasteiger partial charge >= 0.3 is 0 Å². The number of methoxy groups -OCH3 is 2. The van der Waals surface area contributed by atoms with Crippen LogP contribution in [0, 0.1) is 0 Å². The Morgan fingerprint density at radius 3 is 2.54 bits per heavy atom. The molecule has 24 heavy (non-hydrogen) atoms. The summed E-state index contributed by atoms with van der Waals surface area (Å²) >= 11 is 6.11. The molecule has 0 amide bonds. The van der Waals surface area contributed by atoms with Crippen molar-refractivity contribution in [2.24, 2.45) is 0 Å². The van der Waals surface area contributed by atoms with E-state index in [1.165, 1.54) is 0 Å². The lowest BCUT2D eigenvalue weighted by molar-refractivity contribution is 0.355. The molecule has 0 atom stereocenters. The summed E-state index contributed by atoms with van der Waals surface area (Å²) in [6, 6.07) is 13.0. The SMILES string of the molecule is COc1ccc(-c2noc(/C=C\c3ccccc3Cl)n2)cc1OC. The van der Waals surface area contributed by atoms with Crippen LogP contribution >= 0.6 is 11.6 Å². The molecular weight excluding hydrogens is 328 g/mol. The van der Waals surface area contributed by atoms with Gasteiger partial charge in [0.2, 0.25) is 5.82 Å². The van der Waals surface area contributed by atoms with Crippen molar-refractivity contribution in [2.45, 2.75) is 0 Å². The van der Waals surface area contributed by atoms with E-state index in [9.17, 15) is 0 Å². The van der Waals surface area contributed by atoms with Gasteiger partial charge in [0.25, 0.3) is 5.89 Å². The molecular formula is C18H15ClN2O3. The highest BCUT2D eigenvalue weighted by Gasteiger charge is 2.11. The highest BCUT2D eigenvalue weighted by Crippen LogP contribution is 2.31. The number of hydrogen-bond acceptors (Lipinski definition) is 5. The summed E-state index contributed by atoms with van der Waals surface area (Å²) in [6.07, 6.45) is 3.55. The Kier molecular flexibility index (Phi) is 4.82. The zero-order valence-electron chi connectivity index (χ0n) is 13.2. The Labute approximate surface area is 144 Å². The van der Waals surface area contributed by atoms with Crippen LogP contribution in [0.25, 0.3) is 23.5 Å². The molecule has 3 rings (SSSR count). The van der Waals surface area contributed by atoms with Gasteiger partial charge in [-0.25, -0.2) is 0 Å². The molecule has 2 aromatic carbocycles. The van der Waals surface area contributed by atoms with Crippen molar-refractivity contribution in [3.05, 3.63) is 58.9 Å². The first-order valence-corrected chi connectivity index (χ1v) is 7.58. The Bertz CT molecular complexity index is 874. The van der Waals surface area contributed by atoms with Gasteiger partial charge < -0.3 is 14.0 Å². The highest BCUT2D eigenvalue weighted by molar-refractivity contribution is 6.32. The summed E-state index contributed by atoms with van der Waals surface area (Å²) in [5.41, 5.74) is 1.65. The van der Waals surface area contributed by atoms with Gasteiger partial charge in [-0.05, 0) is 35.9 Å². The molecule has 122 valence electrons. The van der Waals surface area contributed by atoms with Crippen molar-refractivity contribution in [1.82, 2.24) is 10.1 Å². The maximum atomic E-state index is 6.11. The van der Waals surface area contributed by atoms with E-state index in [0.717, 1.165) is 11.1 Å². The zero-order valence-corrected chi connectivity index (χ0v) is 13.9. The number of hydrogen-bond donors (Lipinski definition) is 0. The third kappa shape index (κ3) is 3.41. The first-order chi connectivity index (χ1) is 11.7. The predicted octanol–water partition coefficient (Wildman–Crippen LogP) is 4.58. The van der Waals surface area contributed by atoms with Crippen LogP contribution in [-0.4, -0.2) is 24.4 Å². The summed E-state index contributed by atoms with van der Waals surface area (Å²) in [6.45, 7) is 0. The molecule has 0 N–H and O–H groups in total. The molecule has 0 aliphatic rings. The standard InChI is InChI=1S/C18H15ClN2O3/c1-22-15-9-7-13(11-16(15)23-2)18-20-17(24-21-18)10-8-12-5-3-4-6-14(12)19/h3-11H,1-2H3/b10-8-. The van der Waals surface area contributed by atoms with E-state index in [1.54, 1.807) is 32.4 Å². The van der Waals surface area contributed by atoms with Crippen molar-refractivity contribution < 1.29 is 14.0 Å². The average molecular weight is 343 g/mol.